The van der Waals surface area contributed by atoms with Crippen LogP contribution in [-0.4, -0.2) is 59.7 Å². The second kappa shape index (κ2) is 8.14. The highest BCUT2D eigenvalue weighted by Gasteiger charge is 2.30. The molecule has 3 heterocycles. The van der Waals surface area contributed by atoms with Crippen molar-refractivity contribution in [3.8, 4) is 0 Å². The standard InChI is InChI=1S/C21H27N5O2/c1-15-5-7-17(8-6-15)23-19-14-16(2)22-21(24-19)26-11-9-25(10-12-26)20(27)18-4-3-13-28-18/h5-8,14,18H,3-4,9-13H2,1-2H3,(H,22,23,24)/t18-/m0/s1. The molecule has 2 aliphatic rings. The number of anilines is 3. The normalized spacial score (nSPS) is 19.7. The van der Waals surface area contributed by atoms with Gasteiger partial charge in [0, 0.05) is 50.2 Å². The second-order valence-corrected chi connectivity index (χ2v) is 7.50. The fraction of sp³-hybridized carbons (Fsp3) is 0.476. The van der Waals surface area contributed by atoms with Crippen LogP contribution in [0.1, 0.15) is 24.1 Å². The Morgan fingerprint density at radius 3 is 2.54 bits per heavy atom. The van der Waals surface area contributed by atoms with E-state index in [1.54, 1.807) is 0 Å². The summed E-state index contributed by atoms with van der Waals surface area (Å²) in [7, 11) is 0. The quantitative estimate of drug-likeness (QED) is 0.878. The highest BCUT2D eigenvalue weighted by molar-refractivity contribution is 5.81. The van der Waals surface area contributed by atoms with Gasteiger partial charge in [0.1, 0.15) is 11.9 Å². The fourth-order valence-electron chi connectivity index (χ4n) is 3.65. The number of aromatic nitrogens is 2. The van der Waals surface area contributed by atoms with Crippen molar-refractivity contribution in [1.29, 1.82) is 0 Å². The van der Waals surface area contributed by atoms with Crippen LogP contribution in [0.5, 0.6) is 0 Å². The van der Waals surface area contributed by atoms with Crippen LogP contribution in [0.4, 0.5) is 17.5 Å². The fourth-order valence-corrected chi connectivity index (χ4v) is 3.65. The molecule has 2 saturated heterocycles. The molecule has 1 aromatic carbocycles. The van der Waals surface area contributed by atoms with Crippen LogP contribution in [0.25, 0.3) is 0 Å². The van der Waals surface area contributed by atoms with Crippen LogP contribution in [0, 0.1) is 13.8 Å². The molecule has 1 N–H and O–H groups in total. The van der Waals surface area contributed by atoms with Gasteiger partial charge in [0.15, 0.2) is 0 Å². The Balaban J connectivity index is 1.41. The number of carbonyl (C=O) groups excluding carboxylic acids is 1. The van der Waals surface area contributed by atoms with Crippen molar-refractivity contribution in [2.75, 3.05) is 43.0 Å². The lowest BCUT2D eigenvalue weighted by Crippen LogP contribution is -2.51. The molecule has 0 saturated carbocycles. The molecule has 1 amide bonds. The number of rotatable bonds is 4. The molecule has 4 rings (SSSR count). The van der Waals surface area contributed by atoms with Gasteiger partial charge in [-0.2, -0.15) is 4.98 Å². The van der Waals surface area contributed by atoms with E-state index in [0.717, 1.165) is 43.1 Å². The number of hydrogen-bond donors (Lipinski definition) is 1. The van der Waals surface area contributed by atoms with E-state index >= 15 is 0 Å². The van der Waals surface area contributed by atoms with Crippen molar-refractivity contribution < 1.29 is 9.53 Å². The Morgan fingerprint density at radius 1 is 1.11 bits per heavy atom. The first kappa shape index (κ1) is 18.7. The first-order valence-electron chi connectivity index (χ1n) is 9.93. The molecule has 1 aromatic heterocycles. The molecule has 2 aliphatic heterocycles. The molecule has 0 spiro atoms. The molecule has 0 radical (unpaired) electrons. The topological polar surface area (TPSA) is 70.6 Å². The summed E-state index contributed by atoms with van der Waals surface area (Å²) in [6, 6.07) is 10.2. The number of carbonyl (C=O) groups is 1. The van der Waals surface area contributed by atoms with Gasteiger partial charge in [-0.25, -0.2) is 4.98 Å². The van der Waals surface area contributed by atoms with Gasteiger partial charge in [-0.1, -0.05) is 17.7 Å². The second-order valence-electron chi connectivity index (χ2n) is 7.50. The Labute approximate surface area is 165 Å². The van der Waals surface area contributed by atoms with Gasteiger partial charge >= 0.3 is 0 Å². The maximum atomic E-state index is 12.5. The predicted octanol–water partition coefficient (Wildman–Crippen LogP) is 2.66. The average Bonchev–Trinajstić information content (AvgIpc) is 3.24. The third kappa shape index (κ3) is 4.25. The van der Waals surface area contributed by atoms with E-state index in [9.17, 15) is 4.79 Å². The molecule has 7 nitrogen and oxygen atoms in total. The summed E-state index contributed by atoms with van der Waals surface area (Å²) in [6.07, 6.45) is 1.57. The van der Waals surface area contributed by atoms with Crippen molar-refractivity contribution in [2.45, 2.75) is 32.8 Å². The lowest BCUT2D eigenvalue weighted by molar-refractivity contribution is -0.141. The summed E-state index contributed by atoms with van der Waals surface area (Å²) in [5.41, 5.74) is 3.14. The summed E-state index contributed by atoms with van der Waals surface area (Å²) < 4.78 is 5.54. The van der Waals surface area contributed by atoms with Gasteiger partial charge < -0.3 is 19.9 Å². The maximum Gasteiger partial charge on any atom is 0.251 e. The number of piperazine rings is 1. The Hall–Kier alpha value is -2.67. The monoisotopic (exact) mass is 381 g/mol. The van der Waals surface area contributed by atoms with E-state index in [0.29, 0.717) is 25.6 Å². The van der Waals surface area contributed by atoms with Crippen molar-refractivity contribution in [2.24, 2.45) is 0 Å². The van der Waals surface area contributed by atoms with E-state index in [4.69, 9.17) is 9.72 Å². The summed E-state index contributed by atoms with van der Waals surface area (Å²) in [5.74, 6) is 1.62. The van der Waals surface area contributed by atoms with Gasteiger partial charge in [-0.05, 0) is 38.8 Å². The molecule has 148 valence electrons. The minimum absolute atomic E-state index is 0.129. The van der Waals surface area contributed by atoms with Crippen molar-refractivity contribution in [3.05, 3.63) is 41.6 Å². The van der Waals surface area contributed by atoms with Crippen molar-refractivity contribution in [3.63, 3.8) is 0 Å². The number of hydrogen-bond acceptors (Lipinski definition) is 6. The van der Waals surface area contributed by atoms with E-state index in [1.807, 2.05) is 30.0 Å². The van der Waals surface area contributed by atoms with E-state index in [-0.39, 0.29) is 12.0 Å². The van der Waals surface area contributed by atoms with Crippen LogP contribution in [0.3, 0.4) is 0 Å². The summed E-state index contributed by atoms with van der Waals surface area (Å²) in [6.45, 7) is 7.55. The van der Waals surface area contributed by atoms with Crippen LogP contribution < -0.4 is 10.2 Å². The molecule has 28 heavy (non-hydrogen) atoms. The molecule has 2 fully saturated rings. The largest absolute Gasteiger partial charge is 0.368 e. The smallest absolute Gasteiger partial charge is 0.251 e. The predicted molar refractivity (Wildman–Crippen MR) is 109 cm³/mol. The van der Waals surface area contributed by atoms with E-state index in [1.165, 1.54) is 5.56 Å². The van der Waals surface area contributed by atoms with Crippen LogP contribution in [0.2, 0.25) is 0 Å². The van der Waals surface area contributed by atoms with Crippen molar-refractivity contribution in [1.82, 2.24) is 14.9 Å². The van der Waals surface area contributed by atoms with Crippen LogP contribution >= 0.6 is 0 Å². The third-order valence-corrected chi connectivity index (χ3v) is 5.25. The number of amides is 1. The lowest BCUT2D eigenvalue weighted by atomic mass is 10.2. The van der Waals surface area contributed by atoms with Crippen LogP contribution in [0.15, 0.2) is 30.3 Å². The van der Waals surface area contributed by atoms with Gasteiger partial charge in [0.05, 0.1) is 0 Å². The minimum Gasteiger partial charge on any atom is -0.368 e. The number of aryl methyl sites for hydroxylation is 2. The summed E-state index contributed by atoms with van der Waals surface area (Å²) >= 11 is 0. The lowest BCUT2D eigenvalue weighted by Gasteiger charge is -2.35. The zero-order valence-corrected chi connectivity index (χ0v) is 16.5. The Kier molecular flexibility index (Phi) is 5.43. The Bertz CT molecular complexity index is 825. The molecule has 0 bridgehead atoms. The molecule has 7 heteroatoms. The number of benzene rings is 1. The van der Waals surface area contributed by atoms with Gasteiger partial charge in [-0.15, -0.1) is 0 Å². The van der Waals surface area contributed by atoms with Gasteiger partial charge in [0.2, 0.25) is 5.95 Å². The first-order chi connectivity index (χ1) is 13.6. The molecular formula is C21H27N5O2. The zero-order chi connectivity index (χ0) is 19.5. The molecule has 1 atom stereocenters. The first-order valence-corrected chi connectivity index (χ1v) is 9.93. The molecule has 0 unspecified atom stereocenters. The summed E-state index contributed by atoms with van der Waals surface area (Å²) in [4.78, 5) is 25.9. The minimum atomic E-state index is -0.243. The highest BCUT2D eigenvalue weighted by Crippen LogP contribution is 2.21. The van der Waals surface area contributed by atoms with Gasteiger partial charge in [-0.3, -0.25) is 4.79 Å². The van der Waals surface area contributed by atoms with Gasteiger partial charge in [0.25, 0.3) is 5.91 Å². The maximum absolute atomic E-state index is 12.5. The molecule has 2 aromatic rings. The van der Waals surface area contributed by atoms with Crippen molar-refractivity contribution >= 4 is 23.4 Å². The third-order valence-electron chi connectivity index (χ3n) is 5.25. The average molecular weight is 381 g/mol. The number of nitrogens with zero attached hydrogens (tertiary/aromatic N) is 4. The Morgan fingerprint density at radius 2 is 1.86 bits per heavy atom. The molecule has 0 aliphatic carbocycles. The zero-order valence-electron chi connectivity index (χ0n) is 16.5. The summed E-state index contributed by atoms with van der Waals surface area (Å²) in [5, 5.41) is 3.36. The number of nitrogens with one attached hydrogen (secondary N) is 1. The highest BCUT2D eigenvalue weighted by atomic mass is 16.5. The molecular weight excluding hydrogens is 354 g/mol. The van der Waals surface area contributed by atoms with E-state index < -0.39 is 0 Å². The SMILES string of the molecule is Cc1ccc(Nc2cc(C)nc(N3CCN(C(=O)[C@@H]4CCCO4)CC3)n2)cc1. The van der Waals surface area contributed by atoms with Crippen LogP contribution in [-0.2, 0) is 9.53 Å². The number of ether oxygens (including phenoxy) is 1. The van der Waals surface area contributed by atoms with E-state index in [2.05, 4.69) is 34.3 Å².